The van der Waals surface area contributed by atoms with E-state index < -0.39 is 11.7 Å². The lowest BCUT2D eigenvalue weighted by Crippen LogP contribution is -2.38. The third-order valence-corrected chi connectivity index (χ3v) is 6.68. The van der Waals surface area contributed by atoms with Gasteiger partial charge in [0.1, 0.15) is 18.5 Å². The Morgan fingerprint density at radius 3 is 2.24 bits per heavy atom. The molecule has 1 rings (SSSR count). The smallest absolute Gasteiger partial charge is 0.119 e. The number of rotatable bonds is 21. The van der Waals surface area contributed by atoms with Crippen LogP contribution in [0.15, 0.2) is 36.4 Å². The van der Waals surface area contributed by atoms with E-state index in [9.17, 15) is 10.2 Å². The van der Waals surface area contributed by atoms with Crippen LogP contribution in [0.1, 0.15) is 104 Å². The molecular weight excluding hydrogens is 424 g/mol. The highest BCUT2D eigenvalue weighted by Crippen LogP contribution is 2.21. The average Bonchev–Trinajstić information content (AvgIpc) is 2.84. The van der Waals surface area contributed by atoms with Gasteiger partial charge in [0.05, 0.1) is 12.2 Å². The Hall–Kier alpha value is -1.36. The number of benzene rings is 1. The summed E-state index contributed by atoms with van der Waals surface area (Å²) in [6.07, 6.45) is 19.4. The number of aryl methyl sites for hydroxylation is 1. The van der Waals surface area contributed by atoms with Crippen LogP contribution in [0.3, 0.4) is 0 Å². The largest absolute Gasteiger partial charge is 0.491 e. The minimum absolute atomic E-state index is 0.000156. The van der Waals surface area contributed by atoms with Crippen molar-refractivity contribution < 1.29 is 19.7 Å². The van der Waals surface area contributed by atoms with Crippen LogP contribution in [0, 0.1) is 5.92 Å². The number of aliphatic hydroxyl groups is 2. The van der Waals surface area contributed by atoms with Gasteiger partial charge in [-0.25, -0.2) is 0 Å². The third kappa shape index (κ3) is 14.8. The summed E-state index contributed by atoms with van der Waals surface area (Å²) in [7, 11) is 0. The molecular formula is C30H52O4. The molecule has 2 atom stereocenters. The fraction of sp³-hybridized carbons (Fsp3) is 0.733. The van der Waals surface area contributed by atoms with Gasteiger partial charge in [0.15, 0.2) is 0 Å². The Balaban J connectivity index is 2.13. The number of hydrogen-bond acceptors (Lipinski definition) is 4. The molecule has 0 aliphatic heterocycles. The van der Waals surface area contributed by atoms with E-state index in [2.05, 4.69) is 31.2 Å². The molecule has 2 N–H and O–H groups in total. The summed E-state index contributed by atoms with van der Waals surface area (Å²) in [5.74, 6) is 0.795. The molecule has 0 saturated carbocycles. The first kappa shape index (κ1) is 30.7. The van der Waals surface area contributed by atoms with E-state index in [0.717, 1.165) is 12.2 Å². The summed E-state index contributed by atoms with van der Waals surface area (Å²) in [6, 6.07) is 8.20. The van der Waals surface area contributed by atoms with E-state index in [1.807, 2.05) is 32.9 Å². The highest BCUT2D eigenvalue weighted by Gasteiger charge is 2.27. The Labute approximate surface area is 209 Å². The molecule has 0 fully saturated rings. The molecule has 0 aliphatic rings. The monoisotopic (exact) mass is 476 g/mol. The van der Waals surface area contributed by atoms with Gasteiger partial charge in [0, 0.05) is 12.5 Å². The van der Waals surface area contributed by atoms with Gasteiger partial charge in [-0.05, 0) is 63.6 Å². The van der Waals surface area contributed by atoms with Crippen LogP contribution >= 0.6 is 0 Å². The highest BCUT2D eigenvalue weighted by molar-refractivity contribution is 5.28. The normalized spacial score (nSPS) is 13.9. The van der Waals surface area contributed by atoms with Gasteiger partial charge in [-0.15, -0.1) is 0 Å². The standard InChI is InChI=1S/C30H52O4/c1-5-6-7-8-9-10-11-12-13-14-15-16-17-19-27-20-18-21-29(22-27)33-24-28(32)25-34-30(3,4)26(2)23-31/h8-9,18,20-22,26,28,31-32H,5-7,10-17,19,23-25H2,1-4H3/b9-8+. The summed E-state index contributed by atoms with van der Waals surface area (Å²) in [6.45, 7) is 8.48. The Morgan fingerprint density at radius 2 is 1.56 bits per heavy atom. The van der Waals surface area contributed by atoms with Crippen molar-refractivity contribution in [3.8, 4) is 5.75 Å². The molecule has 0 aromatic heterocycles. The van der Waals surface area contributed by atoms with Crippen LogP contribution in [0.2, 0.25) is 0 Å². The molecule has 1 aromatic carbocycles. The zero-order valence-electron chi connectivity index (χ0n) is 22.4. The molecule has 0 amide bonds. The van der Waals surface area contributed by atoms with Gasteiger partial charge in [-0.1, -0.05) is 83.1 Å². The van der Waals surface area contributed by atoms with Crippen molar-refractivity contribution in [1.29, 1.82) is 0 Å². The summed E-state index contributed by atoms with van der Waals surface area (Å²) >= 11 is 0. The fourth-order valence-corrected chi connectivity index (χ4v) is 3.74. The molecule has 0 saturated heterocycles. The number of ether oxygens (including phenoxy) is 2. The van der Waals surface area contributed by atoms with Crippen LogP contribution in [0.5, 0.6) is 5.75 Å². The summed E-state index contributed by atoms with van der Waals surface area (Å²) < 4.78 is 11.6. The van der Waals surface area contributed by atoms with Crippen molar-refractivity contribution >= 4 is 0 Å². The van der Waals surface area contributed by atoms with Crippen LogP contribution in [-0.2, 0) is 11.2 Å². The van der Waals surface area contributed by atoms with E-state index in [1.165, 1.54) is 76.2 Å². The predicted molar refractivity (Wildman–Crippen MR) is 144 cm³/mol. The SMILES string of the molecule is CCCC/C=C/CCCCCCCCCc1cccc(OCC(O)COC(C)(C)C(C)CO)c1. The first-order valence-corrected chi connectivity index (χ1v) is 13.7. The number of aliphatic hydroxyl groups excluding tert-OH is 2. The molecule has 0 bridgehead atoms. The Morgan fingerprint density at radius 1 is 0.912 bits per heavy atom. The van der Waals surface area contributed by atoms with Gasteiger partial charge < -0.3 is 19.7 Å². The molecule has 4 heteroatoms. The van der Waals surface area contributed by atoms with Crippen LogP contribution in [-0.4, -0.2) is 41.7 Å². The molecule has 4 nitrogen and oxygen atoms in total. The van der Waals surface area contributed by atoms with E-state index in [4.69, 9.17) is 9.47 Å². The van der Waals surface area contributed by atoms with Crippen molar-refractivity contribution in [2.75, 3.05) is 19.8 Å². The van der Waals surface area contributed by atoms with E-state index >= 15 is 0 Å². The fourth-order valence-electron chi connectivity index (χ4n) is 3.74. The number of unbranched alkanes of at least 4 members (excludes halogenated alkanes) is 9. The lowest BCUT2D eigenvalue weighted by molar-refractivity contribution is -0.102. The first-order valence-electron chi connectivity index (χ1n) is 13.7. The summed E-state index contributed by atoms with van der Waals surface area (Å²) in [5, 5.41) is 19.5. The van der Waals surface area contributed by atoms with Crippen LogP contribution in [0.25, 0.3) is 0 Å². The lowest BCUT2D eigenvalue weighted by Gasteiger charge is -2.31. The topological polar surface area (TPSA) is 58.9 Å². The molecule has 0 radical (unpaired) electrons. The highest BCUT2D eigenvalue weighted by atomic mass is 16.5. The molecule has 196 valence electrons. The van der Waals surface area contributed by atoms with Gasteiger partial charge in [-0.3, -0.25) is 0 Å². The van der Waals surface area contributed by atoms with Gasteiger partial charge in [0.25, 0.3) is 0 Å². The van der Waals surface area contributed by atoms with Crippen molar-refractivity contribution in [3.63, 3.8) is 0 Å². The van der Waals surface area contributed by atoms with Crippen molar-refractivity contribution in [2.24, 2.45) is 5.92 Å². The Kier molecular flexibility index (Phi) is 17.1. The van der Waals surface area contributed by atoms with Gasteiger partial charge in [-0.2, -0.15) is 0 Å². The molecule has 2 unspecified atom stereocenters. The maximum absolute atomic E-state index is 10.2. The molecule has 0 heterocycles. The lowest BCUT2D eigenvalue weighted by atomic mass is 9.93. The van der Waals surface area contributed by atoms with Crippen molar-refractivity contribution in [3.05, 3.63) is 42.0 Å². The number of allylic oxidation sites excluding steroid dienone is 2. The zero-order valence-corrected chi connectivity index (χ0v) is 22.4. The van der Waals surface area contributed by atoms with E-state index in [1.54, 1.807) is 0 Å². The van der Waals surface area contributed by atoms with E-state index in [-0.39, 0.29) is 25.7 Å². The second kappa shape index (κ2) is 18.9. The molecule has 0 spiro atoms. The maximum atomic E-state index is 10.2. The first-order chi connectivity index (χ1) is 16.4. The second-order valence-corrected chi connectivity index (χ2v) is 10.2. The Bertz CT molecular complexity index is 640. The minimum Gasteiger partial charge on any atom is -0.491 e. The van der Waals surface area contributed by atoms with Crippen LogP contribution < -0.4 is 4.74 Å². The van der Waals surface area contributed by atoms with Gasteiger partial charge in [0.2, 0.25) is 0 Å². The molecule has 0 aliphatic carbocycles. The average molecular weight is 477 g/mol. The third-order valence-electron chi connectivity index (χ3n) is 6.68. The number of hydrogen-bond donors (Lipinski definition) is 2. The summed E-state index contributed by atoms with van der Waals surface area (Å²) in [5.41, 5.74) is 0.803. The second-order valence-electron chi connectivity index (χ2n) is 10.2. The van der Waals surface area contributed by atoms with E-state index in [0.29, 0.717) is 0 Å². The minimum atomic E-state index is -0.703. The zero-order chi connectivity index (χ0) is 25.1. The quantitative estimate of drug-likeness (QED) is 0.145. The van der Waals surface area contributed by atoms with Crippen molar-refractivity contribution in [2.45, 2.75) is 116 Å². The predicted octanol–water partition coefficient (Wildman–Crippen LogP) is 7.26. The van der Waals surface area contributed by atoms with Crippen LogP contribution in [0.4, 0.5) is 0 Å². The molecule has 34 heavy (non-hydrogen) atoms. The molecule has 1 aromatic rings. The van der Waals surface area contributed by atoms with Crippen molar-refractivity contribution in [1.82, 2.24) is 0 Å². The van der Waals surface area contributed by atoms with Gasteiger partial charge >= 0.3 is 0 Å². The summed E-state index contributed by atoms with van der Waals surface area (Å²) in [4.78, 5) is 0. The maximum Gasteiger partial charge on any atom is 0.119 e.